The van der Waals surface area contributed by atoms with Gasteiger partial charge in [0.1, 0.15) is 0 Å². The molecule has 0 spiro atoms. The summed E-state index contributed by atoms with van der Waals surface area (Å²) in [6, 6.07) is 7.41. The second kappa shape index (κ2) is 5.33. The third-order valence-corrected chi connectivity index (χ3v) is 4.27. The van der Waals surface area contributed by atoms with E-state index in [9.17, 15) is 9.90 Å². The number of carboxylic acid groups (broad SMARTS) is 1. The molecule has 3 heteroatoms. The van der Waals surface area contributed by atoms with Crippen LogP contribution in [-0.4, -0.2) is 16.2 Å². The van der Waals surface area contributed by atoms with E-state index < -0.39 is 12.1 Å². The van der Waals surface area contributed by atoms with E-state index in [1.54, 1.807) is 6.07 Å². The predicted molar refractivity (Wildman–Crippen MR) is 74.0 cm³/mol. The minimum absolute atomic E-state index is 0.425. The van der Waals surface area contributed by atoms with Crippen LogP contribution in [0.15, 0.2) is 24.3 Å². The maximum atomic E-state index is 10.8. The summed E-state index contributed by atoms with van der Waals surface area (Å²) in [6.07, 6.45) is 3.26. The third-order valence-electron chi connectivity index (χ3n) is 4.27. The summed E-state index contributed by atoms with van der Waals surface area (Å²) in [5.41, 5.74) is 2.07. The Morgan fingerprint density at radius 2 is 1.95 bits per heavy atom. The Bertz CT molecular complexity index is 455. The SMILES string of the molecule is CC1(C)CCC(c2cccc(C(O)C(=O)O)c2)CC1. The first-order valence-corrected chi connectivity index (χ1v) is 6.90. The normalized spacial score (nSPS) is 21.0. The molecule has 1 aliphatic rings. The smallest absolute Gasteiger partial charge is 0.337 e. The van der Waals surface area contributed by atoms with Crippen LogP contribution in [-0.2, 0) is 4.79 Å². The van der Waals surface area contributed by atoms with Gasteiger partial charge in [0, 0.05) is 0 Å². The minimum Gasteiger partial charge on any atom is -0.479 e. The molecule has 0 heterocycles. The number of carbonyl (C=O) groups is 1. The van der Waals surface area contributed by atoms with E-state index in [4.69, 9.17) is 5.11 Å². The van der Waals surface area contributed by atoms with Crippen LogP contribution >= 0.6 is 0 Å². The fourth-order valence-electron chi connectivity index (χ4n) is 2.86. The molecule has 1 fully saturated rings. The van der Waals surface area contributed by atoms with Crippen LogP contribution in [0.1, 0.15) is 62.7 Å². The Labute approximate surface area is 114 Å². The summed E-state index contributed by atoms with van der Waals surface area (Å²) in [6.45, 7) is 4.60. The van der Waals surface area contributed by atoms with Crippen LogP contribution in [0.3, 0.4) is 0 Å². The Morgan fingerprint density at radius 1 is 1.32 bits per heavy atom. The van der Waals surface area contributed by atoms with Gasteiger partial charge in [0.05, 0.1) is 0 Å². The van der Waals surface area contributed by atoms with Crippen LogP contribution in [0.25, 0.3) is 0 Å². The van der Waals surface area contributed by atoms with Crippen molar-refractivity contribution in [3.05, 3.63) is 35.4 Å². The topological polar surface area (TPSA) is 57.5 Å². The van der Waals surface area contributed by atoms with Crippen molar-refractivity contribution in [1.82, 2.24) is 0 Å². The molecule has 0 amide bonds. The molecule has 0 aromatic heterocycles. The zero-order valence-corrected chi connectivity index (χ0v) is 11.6. The number of hydrogen-bond acceptors (Lipinski definition) is 2. The molecule has 1 atom stereocenters. The molecule has 0 radical (unpaired) electrons. The molecule has 1 unspecified atom stereocenters. The summed E-state index contributed by atoms with van der Waals surface area (Å²) in [7, 11) is 0. The molecule has 1 aliphatic carbocycles. The lowest BCUT2D eigenvalue weighted by atomic mass is 9.71. The van der Waals surface area contributed by atoms with E-state index in [1.165, 1.54) is 12.8 Å². The molecule has 3 nitrogen and oxygen atoms in total. The lowest BCUT2D eigenvalue weighted by Crippen LogP contribution is -2.20. The van der Waals surface area contributed by atoms with E-state index >= 15 is 0 Å². The van der Waals surface area contributed by atoms with Crippen LogP contribution in [0.5, 0.6) is 0 Å². The van der Waals surface area contributed by atoms with Crippen molar-refractivity contribution >= 4 is 5.97 Å². The standard InChI is InChI=1S/C16H22O3/c1-16(2)8-6-11(7-9-16)12-4-3-5-13(10-12)14(17)15(18)19/h3-5,10-11,14,17H,6-9H2,1-2H3,(H,18,19). The van der Waals surface area contributed by atoms with E-state index in [1.807, 2.05) is 18.2 Å². The average molecular weight is 262 g/mol. The van der Waals surface area contributed by atoms with Crippen molar-refractivity contribution in [3.63, 3.8) is 0 Å². The van der Waals surface area contributed by atoms with Gasteiger partial charge >= 0.3 is 5.97 Å². The third kappa shape index (κ3) is 3.35. The molecule has 0 aliphatic heterocycles. The van der Waals surface area contributed by atoms with Gasteiger partial charge < -0.3 is 10.2 Å². The van der Waals surface area contributed by atoms with Crippen molar-refractivity contribution < 1.29 is 15.0 Å². The maximum Gasteiger partial charge on any atom is 0.337 e. The van der Waals surface area contributed by atoms with Crippen molar-refractivity contribution in [1.29, 1.82) is 0 Å². The first-order valence-electron chi connectivity index (χ1n) is 6.90. The lowest BCUT2D eigenvalue weighted by Gasteiger charge is -2.34. The molecule has 0 bridgehead atoms. The molecule has 19 heavy (non-hydrogen) atoms. The lowest BCUT2D eigenvalue weighted by molar-refractivity contribution is -0.146. The molecule has 2 rings (SSSR count). The summed E-state index contributed by atoms with van der Waals surface area (Å²) >= 11 is 0. The zero-order chi connectivity index (χ0) is 14.0. The molecule has 104 valence electrons. The van der Waals surface area contributed by atoms with Gasteiger partial charge in [0.2, 0.25) is 0 Å². The highest BCUT2D eigenvalue weighted by atomic mass is 16.4. The summed E-state index contributed by atoms with van der Waals surface area (Å²) in [5, 5.41) is 18.5. The fraction of sp³-hybridized carbons (Fsp3) is 0.562. The molecule has 0 saturated heterocycles. The highest BCUT2D eigenvalue weighted by Gasteiger charge is 2.28. The van der Waals surface area contributed by atoms with Gasteiger partial charge in [-0.2, -0.15) is 0 Å². The number of rotatable bonds is 3. The summed E-state index contributed by atoms with van der Waals surface area (Å²) in [5.74, 6) is -0.698. The Kier molecular flexibility index (Phi) is 3.95. The molecule has 1 saturated carbocycles. The van der Waals surface area contributed by atoms with Crippen molar-refractivity contribution in [2.75, 3.05) is 0 Å². The summed E-state index contributed by atoms with van der Waals surface area (Å²) in [4.78, 5) is 10.8. The van der Waals surface area contributed by atoms with Crippen LogP contribution < -0.4 is 0 Å². The molecule has 2 N–H and O–H groups in total. The van der Waals surface area contributed by atoms with Gasteiger partial charge in [-0.15, -0.1) is 0 Å². The number of aliphatic hydroxyl groups excluding tert-OH is 1. The van der Waals surface area contributed by atoms with Gasteiger partial charge in [-0.3, -0.25) is 0 Å². The fourth-order valence-corrected chi connectivity index (χ4v) is 2.86. The van der Waals surface area contributed by atoms with Crippen LogP contribution in [0.2, 0.25) is 0 Å². The van der Waals surface area contributed by atoms with E-state index in [-0.39, 0.29) is 0 Å². The van der Waals surface area contributed by atoms with Gasteiger partial charge in [-0.05, 0) is 48.1 Å². The first-order chi connectivity index (χ1) is 8.89. The average Bonchev–Trinajstić information content (AvgIpc) is 2.38. The molecule has 1 aromatic carbocycles. The minimum atomic E-state index is -1.42. The molecular weight excluding hydrogens is 240 g/mol. The second-order valence-corrected chi connectivity index (χ2v) is 6.35. The van der Waals surface area contributed by atoms with Gasteiger partial charge in [0.15, 0.2) is 6.10 Å². The monoisotopic (exact) mass is 262 g/mol. The predicted octanol–water partition coefficient (Wildman–Crippen LogP) is 3.49. The molecular formula is C16H22O3. The summed E-state index contributed by atoms with van der Waals surface area (Å²) < 4.78 is 0. The highest BCUT2D eigenvalue weighted by molar-refractivity contribution is 5.74. The van der Waals surface area contributed by atoms with E-state index in [0.29, 0.717) is 16.9 Å². The second-order valence-electron chi connectivity index (χ2n) is 6.35. The first kappa shape index (κ1) is 14.1. The zero-order valence-electron chi connectivity index (χ0n) is 11.6. The van der Waals surface area contributed by atoms with Crippen LogP contribution in [0, 0.1) is 5.41 Å². The number of hydrogen-bond donors (Lipinski definition) is 2. The van der Waals surface area contributed by atoms with E-state index in [0.717, 1.165) is 18.4 Å². The van der Waals surface area contributed by atoms with Gasteiger partial charge in [0.25, 0.3) is 0 Å². The number of aliphatic carboxylic acids is 1. The van der Waals surface area contributed by atoms with Gasteiger partial charge in [-0.1, -0.05) is 38.1 Å². The number of carboxylic acids is 1. The number of aliphatic hydroxyl groups is 1. The van der Waals surface area contributed by atoms with Gasteiger partial charge in [-0.25, -0.2) is 4.79 Å². The van der Waals surface area contributed by atoms with Crippen molar-refractivity contribution in [3.8, 4) is 0 Å². The largest absolute Gasteiger partial charge is 0.479 e. The Balaban J connectivity index is 2.14. The van der Waals surface area contributed by atoms with Crippen molar-refractivity contribution in [2.24, 2.45) is 5.41 Å². The highest BCUT2D eigenvalue weighted by Crippen LogP contribution is 2.42. The molecule has 1 aromatic rings. The Hall–Kier alpha value is -1.35. The van der Waals surface area contributed by atoms with E-state index in [2.05, 4.69) is 13.8 Å². The quantitative estimate of drug-likeness (QED) is 0.876. The Morgan fingerprint density at radius 3 is 2.53 bits per heavy atom. The number of benzene rings is 1. The van der Waals surface area contributed by atoms with Crippen molar-refractivity contribution in [2.45, 2.75) is 51.6 Å². The maximum absolute atomic E-state index is 10.8. The van der Waals surface area contributed by atoms with Crippen LogP contribution in [0.4, 0.5) is 0 Å².